The Bertz CT molecular complexity index is 444. The van der Waals surface area contributed by atoms with E-state index in [0.717, 1.165) is 18.5 Å². The number of rotatable bonds is 2. The van der Waals surface area contributed by atoms with E-state index in [0.29, 0.717) is 17.4 Å². The molecule has 1 aliphatic carbocycles. The molecule has 0 radical (unpaired) electrons. The molecule has 2 rings (SSSR count). The Balaban J connectivity index is 2.27. The lowest BCUT2D eigenvalue weighted by molar-refractivity contribution is 0.0951. The topological polar surface area (TPSA) is 68.0 Å². The predicted molar refractivity (Wildman–Crippen MR) is 67.8 cm³/mol. The van der Waals surface area contributed by atoms with Gasteiger partial charge in [0.1, 0.15) is 5.82 Å². The van der Waals surface area contributed by atoms with Crippen LogP contribution in [0.2, 0.25) is 0 Å². The fourth-order valence-electron chi connectivity index (χ4n) is 1.56. The van der Waals surface area contributed by atoms with E-state index in [1.807, 2.05) is 6.07 Å². The highest BCUT2D eigenvalue weighted by atomic mass is 16.1. The van der Waals surface area contributed by atoms with E-state index < -0.39 is 0 Å². The molecule has 17 heavy (non-hydrogen) atoms. The van der Waals surface area contributed by atoms with Crippen molar-refractivity contribution in [3.63, 3.8) is 0 Å². The van der Waals surface area contributed by atoms with Gasteiger partial charge in [0.2, 0.25) is 0 Å². The summed E-state index contributed by atoms with van der Waals surface area (Å²) in [7, 11) is 0. The SMILES string of the molecule is CC(C)(C)c1cc(C(=O)NC2CC2)cc(N)n1. The summed E-state index contributed by atoms with van der Waals surface area (Å²) in [6.07, 6.45) is 2.16. The molecule has 0 unspecified atom stereocenters. The van der Waals surface area contributed by atoms with Crippen LogP contribution < -0.4 is 11.1 Å². The molecule has 92 valence electrons. The maximum Gasteiger partial charge on any atom is 0.251 e. The van der Waals surface area contributed by atoms with E-state index in [4.69, 9.17) is 5.73 Å². The van der Waals surface area contributed by atoms with E-state index in [1.165, 1.54) is 0 Å². The van der Waals surface area contributed by atoms with Crippen molar-refractivity contribution < 1.29 is 4.79 Å². The number of hydrogen-bond acceptors (Lipinski definition) is 3. The van der Waals surface area contributed by atoms with Crippen LogP contribution in [0.1, 0.15) is 49.7 Å². The first kappa shape index (κ1) is 11.9. The summed E-state index contributed by atoms with van der Waals surface area (Å²) in [5.74, 6) is 0.352. The molecule has 1 amide bonds. The van der Waals surface area contributed by atoms with Crippen molar-refractivity contribution in [2.24, 2.45) is 0 Å². The molecule has 1 aromatic rings. The van der Waals surface area contributed by atoms with Crippen LogP contribution in [0.5, 0.6) is 0 Å². The predicted octanol–water partition coefficient (Wildman–Crippen LogP) is 1.85. The highest BCUT2D eigenvalue weighted by molar-refractivity contribution is 5.95. The highest BCUT2D eigenvalue weighted by Crippen LogP contribution is 2.23. The molecule has 4 heteroatoms. The lowest BCUT2D eigenvalue weighted by Crippen LogP contribution is -2.26. The molecule has 0 bridgehead atoms. The zero-order valence-electron chi connectivity index (χ0n) is 10.6. The van der Waals surface area contributed by atoms with Crippen molar-refractivity contribution in [2.75, 3.05) is 5.73 Å². The zero-order chi connectivity index (χ0) is 12.6. The Kier molecular flexibility index (Phi) is 2.81. The third-order valence-electron chi connectivity index (χ3n) is 2.79. The number of nitrogens with two attached hydrogens (primary N) is 1. The Morgan fingerprint density at radius 2 is 2.06 bits per heavy atom. The molecule has 0 aromatic carbocycles. The summed E-state index contributed by atoms with van der Waals surface area (Å²) in [6, 6.07) is 3.82. The molecular formula is C13H19N3O. The Labute approximate surface area is 102 Å². The third kappa shape index (κ3) is 2.96. The number of carbonyl (C=O) groups is 1. The lowest BCUT2D eigenvalue weighted by Gasteiger charge is -2.19. The Hall–Kier alpha value is -1.58. The molecular weight excluding hydrogens is 214 g/mol. The van der Waals surface area contributed by atoms with Crippen LogP contribution >= 0.6 is 0 Å². The van der Waals surface area contributed by atoms with Gasteiger partial charge in [-0.25, -0.2) is 4.98 Å². The molecule has 4 nitrogen and oxygen atoms in total. The van der Waals surface area contributed by atoms with Crippen LogP contribution in [0.3, 0.4) is 0 Å². The number of hydrogen-bond donors (Lipinski definition) is 2. The van der Waals surface area contributed by atoms with Crippen molar-refractivity contribution in [2.45, 2.75) is 45.1 Å². The van der Waals surface area contributed by atoms with Crippen molar-refractivity contribution in [3.05, 3.63) is 23.4 Å². The second-order valence-corrected chi connectivity index (χ2v) is 5.66. The quantitative estimate of drug-likeness (QED) is 0.819. The summed E-state index contributed by atoms with van der Waals surface area (Å²) in [6.45, 7) is 6.16. The fraction of sp³-hybridized carbons (Fsp3) is 0.538. The van der Waals surface area contributed by atoms with E-state index in [-0.39, 0.29) is 11.3 Å². The molecule has 1 saturated carbocycles. The molecule has 0 saturated heterocycles. The largest absolute Gasteiger partial charge is 0.384 e. The second-order valence-electron chi connectivity index (χ2n) is 5.66. The zero-order valence-corrected chi connectivity index (χ0v) is 10.6. The van der Waals surface area contributed by atoms with Gasteiger partial charge in [0.25, 0.3) is 5.91 Å². The summed E-state index contributed by atoms with van der Waals surface area (Å²) in [5, 5.41) is 2.95. The van der Waals surface area contributed by atoms with Gasteiger partial charge in [-0.05, 0) is 25.0 Å². The van der Waals surface area contributed by atoms with E-state index in [9.17, 15) is 4.79 Å². The Morgan fingerprint density at radius 1 is 1.41 bits per heavy atom. The number of nitrogen functional groups attached to an aromatic ring is 1. The molecule has 1 fully saturated rings. The first-order chi connectivity index (χ1) is 7.86. The third-order valence-corrected chi connectivity index (χ3v) is 2.79. The molecule has 1 aromatic heterocycles. The van der Waals surface area contributed by atoms with Gasteiger partial charge in [-0.1, -0.05) is 20.8 Å². The van der Waals surface area contributed by atoms with Crippen molar-refractivity contribution in [1.29, 1.82) is 0 Å². The minimum absolute atomic E-state index is 0.0490. The van der Waals surface area contributed by atoms with E-state index in [2.05, 4.69) is 31.1 Å². The molecule has 0 spiro atoms. The average Bonchev–Trinajstić information content (AvgIpc) is 2.99. The van der Waals surface area contributed by atoms with Crippen molar-refractivity contribution >= 4 is 11.7 Å². The van der Waals surface area contributed by atoms with Crippen molar-refractivity contribution in [3.8, 4) is 0 Å². The lowest BCUT2D eigenvalue weighted by atomic mass is 9.90. The number of carbonyl (C=O) groups excluding carboxylic acids is 1. The standard InChI is InChI=1S/C13H19N3O/c1-13(2,3)10-6-8(7-11(14)16-10)12(17)15-9-4-5-9/h6-7,9H,4-5H2,1-3H3,(H2,14,16)(H,15,17). The van der Waals surface area contributed by atoms with Crippen LogP contribution in [0.25, 0.3) is 0 Å². The van der Waals surface area contributed by atoms with Gasteiger partial charge in [0.05, 0.1) is 0 Å². The first-order valence-corrected chi connectivity index (χ1v) is 5.95. The van der Waals surface area contributed by atoms with E-state index >= 15 is 0 Å². The van der Waals surface area contributed by atoms with Gasteiger partial charge < -0.3 is 11.1 Å². The number of amides is 1. The summed E-state index contributed by atoms with van der Waals surface area (Å²) >= 11 is 0. The normalized spacial score (nSPS) is 15.7. The maximum absolute atomic E-state index is 11.9. The first-order valence-electron chi connectivity index (χ1n) is 5.95. The van der Waals surface area contributed by atoms with Gasteiger partial charge in [-0.15, -0.1) is 0 Å². The Morgan fingerprint density at radius 3 is 2.59 bits per heavy atom. The van der Waals surface area contributed by atoms with Crippen LogP contribution in [0.4, 0.5) is 5.82 Å². The maximum atomic E-state index is 11.9. The summed E-state index contributed by atoms with van der Waals surface area (Å²) in [4.78, 5) is 16.2. The minimum atomic E-state index is -0.107. The summed E-state index contributed by atoms with van der Waals surface area (Å²) in [5.41, 5.74) is 7.09. The summed E-state index contributed by atoms with van der Waals surface area (Å²) < 4.78 is 0. The smallest absolute Gasteiger partial charge is 0.251 e. The molecule has 0 aliphatic heterocycles. The number of pyridine rings is 1. The van der Waals surface area contributed by atoms with Gasteiger partial charge >= 0.3 is 0 Å². The second kappa shape index (κ2) is 4.02. The van der Waals surface area contributed by atoms with Crippen LogP contribution in [-0.2, 0) is 5.41 Å². The molecule has 1 aliphatic rings. The van der Waals surface area contributed by atoms with Crippen LogP contribution in [-0.4, -0.2) is 16.9 Å². The number of aromatic nitrogens is 1. The molecule has 1 heterocycles. The molecule has 0 atom stereocenters. The average molecular weight is 233 g/mol. The van der Waals surface area contributed by atoms with Crippen molar-refractivity contribution in [1.82, 2.24) is 10.3 Å². The van der Waals surface area contributed by atoms with Gasteiger partial charge in [-0.2, -0.15) is 0 Å². The van der Waals surface area contributed by atoms with E-state index in [1.54, 1.807) is 6.07 Å². The number of anilines is 1. The van der Waals surface area contributed by atoms with Crippen LogP contribution in [0, 0.1) is 0 Å². The molecule has 3 N–H and O–H groups in total. The van der Waals surface area contributed by atoms with Gasteiger partial charge in [0, 0.05) is 22.7 Å². The highest BCUT2D eigenvalue weighted by Gasteiger charge is 2.25. The number of nitrogens with one attached hydrogen (secondary N) is 1. The minimum Gasteiger partial charge on any atom is -0.384 e. The van der Waals surface area contributed by atoms with Gasteiger partial charge in [0.15, 0.2) is 0 Å². The monoisotopic (exact) mass is 233 g/mol. The van der Waals surface area contributed by atoms with Gasteiger partial charge in [-0.3, -0.25) is 4.79 Å². The fourth-order valence-corrected chi connectivity index (χ4v) is 1.56. The number of nitrogens with zero attached hydrogens (tertiary/aromatic N) is 1. The van der Waals surface area contributed by atoms with Crippen LogP contribution in [0.15, 0.2) is 12.1 Å².